The summed E-state index contributed by atoms with van der Waals surface area (Å²) in [5.41, 5.74) is 2.35. The van der Waals surface area contributed by atoms with Gasteiger partial charge in [0.15, 0.2) is 6.61 Å². The minimum absolute atomic E-state index is 0.114. The number of hydrogen-bond donors (Lipinski definition) is 1. The minimum Gasteiger partial charge on any atom is -0.484 e. The summed E-state index contributed by atoms with van der Waals surface area (Å²) in [5.74, 6) is -0.391. The number of benzene rings is 2. The summed E-state index contributed by atoms with van der Waals surface area (Å²) in [6.07, 6.45) is 1.15. The van der Waals surface area contributed by atoms with Gasteiger partial charge in [-0.25, -0.2) is 9.82 Å². The second-order valence-electron chi connectivity index (χ2n) is 4.03. The Hall–Kier alpha value is -2.40. The third-order valence-corrected chi connectivity index (χ3v) is 2.83. The fourth-order valence-electron chi connectivity index (χ4n) is 1.50. The van der Waals surface area contributed by atoms with Gasteiger partial charge in [-0.1, -0.05) is 35.9 Å². The first-order chi connectivity index (χ1) is 10.2. The number of carbonyl (C=O) groups is 1. The van der Waals surface area contributed by atoms with Gasteiger partial charge < -0.3 is 4.74 Å². The van der Waals surface area contributed by atoms with E-state index in [0.717, 1.165) is 6.21 Å². The molecule has 2 rings (SSSR count). The highest BCUT2D eigenvalue weighted by atomic mass is 35.5. The predicted octanol–water partition coefficient (Wildman–Crippen LogP) is 3.01. The van der Waals surface area contributed by atoms with Crippen molar-refractivity contribution in [3.63, 3.8) is 0 Å². The lowest BCUT2D eigenvalue weighted by Crippen LogP contribution is -2.24. The van der Waals surface area contributed by atoms with Gasteiger partial charge in [-0.2, -0.15) is 5.10 Å². The van der Waals surface area contributed by atoms with Crippen LogP contribution in [0.3, 0.4) is 0 Å². The molecule has 6 heteroatoms. The number of amides is 1. The molecule has 108 valence electrons. The van der Waals surface area contributed by atoms with Crippen molar-refractivity contribution in [3.8, 4) is 5.75 Å². The zero-order valence-electron chi connectivity index (χ0n) is 10.9. The Morgan fingerprint density at radius 1 is 1.24 bits per heavy atom. The predicted molar refractivity (Wildman–Crippen MR) is 79.1 cm³/mol. The molecule has 2 aromatic carbocycles. The molecule has 0 heterocycles. The molecule has 0 aliphatic heterocycles. The summed E-state index contributed by atoms with van der Waals surface area (Å²) in [4.78, 5) is 11.5. The lowest BCUT2D eigenvalue weighted by Gasteiger charge is -2.04. The molecule has 1 N–H and O–H groups in total. The Balaban J connectivity index is 1.85. The fraction of sp³-hybridized carbons (Fsp3) is 0.0667. The van der Waals surface area contributed by atoms with Crippen LogP contribution < -0.4 is 10.2 Å². The molecule has 0 aromatic heterocycles. The Morgan fingerprint density at radius 3 is 2.71 bits per heavy atom. The van der Waals surface area contributed by atoms with Gasteiger partial charge in [0.05, 0.1) is 11.2 Å². The molecule has 0 bridgehead atoms. The highest BCUT2D eigenvalue weighted by Gasteiger charge is 2.04. The van der Waals surface area contributed by atoms with E-state index < -0.39 is 11.7 Å². The lowest BCUT2D eigenvalue weighted by molar-refractivity contribution is -0.123. The van der Waals surface area contributed by atoms with Gasteiger partial charge in [0, 0.05) is 5.56 Å². The number of halogens is 2. The van der Waals surface area contributed by atoms with Gasteiger partial charge >= 0.3 is 0 Å². The van der Waals surface area contributed by atoms with Crippen LogP contribution in [-0.4, -0.2) is 18.7 Å². The van der Waals surface area contributed by atoms with Crippen molar-refractivity contribution in [1.29, 1.82) is 0 Å². The SMILES string of the molecule is O=C(COc1ccccc1)N/N=C/c1c(F)cccc1Cl. The van der Waals surface area contributed by atoms with Gasteiger partial charge in [-0.3, -0.25) is 4.79 Å². The van der Waals surface area contributed by atoms with E-state index in [1.165, 1.54) is 18.2 Å². The number of nitrogens with one attached hydrogen (secondary N) is 1. The largest absolute Gasteiger partial charge is 0.484 e. The zero-order valence-corrected chi connectivity index (χ0v) is 11.7. The summed E-state index contributed by atoms with van der Waals surface area (Å²) in [7, 11) is 0. The molecule has 0 aliphatic carbocycles. The van der Waals surface area contributed by atoms with Crippen molar-refractivity contribution in [2.75, 3.05) is 6.61 Å². The zero-order chi connectivity index (χ0) is 15.1. The summed E-state index contributed by atoms with van der Waals surface area (Å²) < 4.78 is 18.7. The topological polar surface area (TPSA) is 50.7 Å². The molecule has 0 saturated carbocycles. The number of hydrazone groups is 1. The van der Waals surface area contributed by atoms with Gasteiger partial charge in [-0.15, -0.1) is 0 Å². The van der Waals surface area contributed by atoms with E-state index >= 15 is 0 Å². The van der Waals surface area contributed by atoms with Crippen LogP contribution in [0.25, 0.3) is 0 Å². The maximum Gasteiger partial charge on any atom is 0.277 e. The van der Waals surface area contributed by atoms with Crippen molar-refractivity contribution in [2.45, 2.75) is 0 Å². The van der Waals surface area contributed by atoms with Gasteiger partial charge in [0.25, 0.3) is 5.91 Å². The van der Waals surface area contributed by atoms with Gasteiger partial charge in [-0.05, 0) is 24.3 Å². The standard InChI is InChI=1S/C15H12ClFN2O2/c16-13-7-4-8-14(17)12(13)9-18-19-15(20)10-21-11-5-2-1-3-6-11/h1-9H,10H2,(H,19,20)/b18-9+. The van der Waals surface area contributed by atoms with Crippen LogP contribution in [0.5, 0.6) is 5.75 Å². The Morgan fingerprint density at radius 2 is 2.00 bits per heavy atom. The van der Waals surface area contributed by atoms with Crippen LogP contribution in [0.2, 0.25) is 5.02 Å². The van der Waals surface area contributed by atoms with E-state index in [4.69, 9.17) is 16.3 Å². The van der Waals surface area contributed by atoms with E-state index in [0.29, 0.717) is 5.75 Å². The maximum absolute atomic E-state index is 13.4. The summed E-state index contributed by atoms with van der Waals surface area (Å²) in [5, 5.41) is 3.86. The molecule has 0 unspecified atom stereocenters. The second kappa shape index (κ2) is 7.40. The van der Waals surface area contributed by atoms with E-state index in [1.54, 1.807) is 24.3 Å². The number of para-hydroxylation sites is 1. The normalized spacial score (nSPS) is 10.6. The highest BCUT2D eigenvalue weighted by molar-refractivity contribution is 6.33. The molecule has 1 amide bonds. The summed E-state index contributed by atoms with van der Waals surface area (Å²) in [6.45, 7) is -0.188. The highest BCUT2D eigenvalue weighted by Crippen LogP contribution is 2.16. The van der Waals surface area contributed by atoms with Crippen LogP contribution in [0, 0.1) is 5.82 Å². The van der Waals surface area contributed by atoms with Crippen LogP contribution >= 0.6 is 11.6 Å². The molecule has 0 fully saturated rings. The number of carbonyl (C=O) groups excluding carboxylic acids is 1. The number of hydrogen-bond acceptors (Lipinski definition) is 3. The summed E-state index contributed by atoms with van der Waals surface area (Å²) >= 11 is 5.82. The number of rotatable bonds is 5. The quantitative estimate of drug-likeness (QED) is 0.682. The molecular weight excluding hydrogens is 295 g/mol. The minimum atomic E-state index is -0.513. The third kappa shape index (κ3) is 4.57. The second-order valence-corrected chi connectivity index (χ2v) is 4.44. The maximum atomic E-state index is 13.4. The molecule has 4 nitrogen and oxygen atoms in total. The Labute approximate surface area is 126 Å². The van der Waals surface area contributed by atoms with Gasteiger partial charge in [0.2, 0.25) is 0 Å². The molecule has 0 spiro atoms. The van der Waals surface area contributed by atoms with Crippen LogP contribution in [0.15, 0.2) is 53.6 Å². The first kappa shape index (κ1) is 15.0. The van der Waals surface area contributed by atoms with Crippen molar-refractivity contribution in [1.82, 2.24) is 5.43 Å². The summed E-state index contributed by atoms with van der Waals surface area (Å²) in [6, 6.07) is 13.2. The third-order valence-electron chi connectivity index (χ3n) is 2.50. The first-order valence-corrected chi connectivity index (χ1v) is 6.48. The fourth-order valence-corrected chi connectivity index (χ4v) is 1.71. The van der Waals surface area contributed by atoms with Crippen molar-refractivity contribution in [2.24, 2.45) is 5.10 Å². The average Bonchev–Trinajstić information content (AvgIpc) is 2.49. The van der Waals surface area contributed by atoms with Gasteiger partial charge in [0.1, 0.15) is 11.6 Å². The van der Waals surface area contributed by atoms with Crippen LogP contribution in [0.4, 0.5) is 4.39 Å². The monoisotopic (exact) mass is 306 g/mol. The number of ether oxygens (including phenoxy) is 1. The van der Waals surface area contributed by atoms with Crippen molar-refractivity contribution >= 4 is 23.7 Å². The molecule has 0 radical (unpaired) electrons. The van der Waals surface area contributed by atoms with Crippen LogP contribution in [-0.2, 0) is 4.79 Å². The van der Waals surface area contributed by atoms with Crippen molar-refractivity contribution < 1.29 is 13.9 Å². The first-order valence-electron chi connectivity index (χ1n) is 6.10. The molecular formula is C15H12ClFN2O2. The molecule has 21 heavy (non-hydrogen) atoms. The van der Waals surface area contributed by atoms with E-state index in [9.17, 15) is 9.18 Å². The Bertz CT molecular complexity index is 627. The van der Waals surface area contributed by atoms with E-state index in [2.05, 4.69) is 10.5 Å². The molecule has 0 atom stereocenters. The lowest BCUT2D eigenvalue weighted by atomic mass is 10.2. The van der Waals surface area contributed by atoms with E-state index in [1.807, 2.05) is 6.07 Å². The average molecular weight is 307 g/mol. The van der Waals surface area contributed by atoms with Crippen molar-refractivity contribution in [3.05, 3.63) is 64.9 Å². The van der Waals surface area contributed by atoms with Crippen LogP contribution in [0.1, 0.15) is 5.56 Å². The molecule has 0 aliphatic rings. The molecule has 2 aromatic rings. The van der Waals surface area contributed by atoms with E-state index in [-0.39, 0.29) is 17.2 Å². The smallest absolute Gasteiger partial charge is 0.277 e. The molecule has 0 saturated heterocycles. The Kier molecular flexibility index (Phi) is 5.29. The number of nitrogens with zero attached hydrogens (tertiary/aromatic N) is 1.